The quantitative estimate of drug-likeness (QED) is 0.863. The molecule has 3 nitrogen and oxygen atoms in total. The van der Waals surface area contributed by atoms with Crippen LogP contribution >= 0.6 is 11.6 Å². The maximum Gasteiger partial charge on any atom is 0.417 e. The minimum Gasteiger partial charge on any atom is -0.490 e. The number of nitrogen functional groups attached to an aromatic ring is 1. The van der Waals surface area contributed by atoms with Crippen molar-refractivity contribution >= 4 is 17.3 Å². The van der Waals surface area contributed by atoms with E-state index in [0.29, 0.717) is 13.2 Å². The Bertz CT molecular complexity index is 421. The maximum absolute atomic E-state index is 12.5. The Kier molecular flexibility index (Phi) is 4.70. The summed E-state index contributed by atoms with van der Waals surface area (Å²) >= 11 is 5.56. The van der Waals surface area contributed by atoms with Crippen LogP contribution in [0.2, 0.25) is 5.02 Å². The molecule has 7 heteroatoms. The van der Waals surface area contributed by atoms with Crippen molar-refractivity contribution in [2.45, 2.75) is 6.18 Å². The number of hydrogen-bond acceptors (Lipinski definition) is 3. The van der Waals surface area contributed by atoms with Gasteiger partial charge in [-0.05, 0) is 20.2 Å². The molecule has 0 atom stereocenters. The van der Waals surface area contributed by atoms with E-state index in [-0.39, 0.29) is 11.4 Å². The highest BCUT2D eigenvalue weighted by atomic mass is 35.5. The molecule has 0 unspecified atom stereocenters. The van der Waals surface area contributed by atoms with E-state index in [1.54, 1.807) is 0 Å². The Morgan fingerprint density at radius 3 is 2.44 bits per heavy atom. The van der Waals surface area contributed by atoms with Gasteiger partial charge in [0.05, 0.1) is 16.3 Å². The number of benzene rings is 1. The molecule has 0 fully saturated rings. The summed E-state index contributed by atoms with van der Waals surface area (Å²) in [6.45, 7) is 0.941. The molecule has 0 aliphatic heterocycles. The fraction of sp³-hybridized carbons (Fsp3) is 0.455. The van der Waals surface area contributed by atoms with Gasteiger partial charge in [-0.1, -0.05) is 11.6 Å². The number of anilines is 1. The van der Waals surface area contributed by atoms with Crippen molar-refractivity contribution in [3.05, 3.63) is 22.7 Å². The minimum atomic E-state index is -4.52. The molecule has 1 rings (SSSR count). The van der Waals surface area contributed by atoms with E-state index in [4.69, 9.17) is 22.1 Å². The fourth-order valence-corrected chi connectivity index (χ4v) is 1.51. The molecule has 0 spiro atoms. The zero-order valence-corrected chi connectivity index (χ0v) is 10.8. The van der Waals surface area contributed by atoms with Crippen molar-refractivity contribution in [2.75, 3.05) is 33.0 Å². The first kappa shape index (κ1) is 14.9. The summed E-state index contributed by atoms with van der Waals surface area (Å²) in [4.78, 5) is 1.88. The standard InChI is InChI=1S/C11H14ClF3N2O/c1-17(2)3-4-18-10-6-8(12)7(5-9(10)16)11(13,14)15/h5-6H,3-4,16H2,1-2H3. The minimum absolute atomic E-state index is 0.0783. The highest BCUT2D eigenvalue weighted by Crippen LogP contribution is 2.39. The van der Waals surface area contributed by atoms with Crippen molar-refractivity contribution < 1.29 is 17.9 Å². The summed E-state index contributed by atoms with van der Waals surface area (Å²) in [6, 6.07) is 1.88. The number of likely N-dealkylation sites (N-methyl/N-ethyl adjacent to an activating group) is 1. The van der Waals surface area contributed by atoms with Crippen LogP contribution in [0.15, 0.2) is 12.1 Å². The number of rotatable bonds is 4. The molecule has 0 saturated heterocycles. The van der Waals surface area contributed by atoms with Crippen LogP contribution < -0.4 is 10.5 Å². The van der Waals surface area contributed by atoms with Crippen LogP contribution in [0, 0.1) is 0 Å². The summed E-state index contributed by atoms with van der Waals surface area (Å²) in [6.07, 6.45) is -4.52. The maximum atomic E-state index is 12.5. The Morgan fingerprint density at radius 2 is 1.94 bits per heavy atom. The topological polar surface area (TPSA) is 38.5 Å². The SMILES string of the molecule is CN(C)CCOc1cc(Cl)c(C(F)(F)F)cc1N. The molecule has 102 valence electrons. The lowest BCUT2D eigenvalue weighted by molar-refractivity contribution is -0.137. The first-order chi connectivity index (χ1) is 8.21. The van der Waals surface area contributed by atoms with Crippen LogP contribution in [0.4, 0.5) is 18.9 Å². The monoisotopic (exact) mass is 282 g/mol. The Morgan fingerprint density at radius 1 is 1.33 bits per heavy atom. The van der Waals surface area contributed by atoms with Crippen LogP contribution in [0.25, 0.3) is 0 Å². The zero-order valence-electron chi connectivity index (χ0n) is 10.0. The summed E-state index contributed by atoms with van der Waals surface area (Å²) in [5.74, 6) is 0.162. The summed E-state index contributed by atoms with van der Waals surface area (Å²) in [5.41, 5.74) is 4.47. The molecule has 0 aromatic heterocycles. The number of hydrogen-bond donors (Lipinski definition) is 1. The van der Waals surface area contributed by atoms with Crippen molar-refractivity contribution in [1.82, 2.24) is 4.90 Å². The van der Waals surface area contributed by atoms with Gasteiger partial charge < -0.3 is 15.4 Å². The number of ether oxygens (including phenoxy) is 1. The fourth-order valence-electron chi connectivity index (χ4n) is 1.25. The first-order valence-corrected chi connectivity index (χ1v) is 5.53. The average molecular weight is 283 g/mol. The van der Waals surface area contributed by atoms with Gasteiger partial charge in [0.2, 0.25) is 0 Å². The zero-order chi connectivity index (χ0) is 13.9. The van der Waals surface area contributed by atoms with E-state index in [0.717, 1.165) is 12.1 Å². The van der Waals surface area contributed by atoms with Crippen LogP contribution in [0.3, 0.4) is 0 Å². The van der Waals surface area contributed by atoms with Crippen LogP contribution in [-0.4, -0.2) is 32.1 Å². The normalized spacial score (nSPS) is 11.9. The van der Waals surface area contributed by atoms with Gasteiger partial charge in [-0.25, -0.2) is 0 Å². The Hall–Kier alpha value is -1.14. The molecule has 0 aliphatic rings. The molecule has 0 aliphatic carbocycles. The lowest BCUT2D eigenvalue weighted by atomic mass is 10.2. The molecule has 18 heavy (non-hydrogen) atoms. The van der Waals surface area contributed by atoms with Gasteiger partial charge in [0.15, 0.2) is 0 Å². The molecule has 0 saturated carbocycles. The van der Waals surface area contributed by atoms with E-state index in [9.17, 15) is 13.2 Å². The molecule has 1 aromatic carbocycles. The Balaban J connectivity index is 2.87. The average Bonchev–Trinajstić information content (AvgIpc) is 2.20. The summed E-state index contributed by atoms with van der Waals surface area (Å²) < 4.78 is 42.9. The third-order valence-electron chi connectivity index (χ3n) is 2.20. The predicted molar refractivity (Wildman–Crippen MR) is 64.9 cm³/mol. The highest BCUT2D eigenvalue weighted by Gasteiger charge is 2.34. The van der Waals surface area contributed by atoms with E-state index in [1.165, 1.54) is 0 Å². The van der Waals surface area contributed by atoms with Crippen LogP contribution in [-0.2, 0) is 6.18 Å². The third kappa shape index (κ3) is 3.96. The van der Waals surface area contributed by atoms with E-state index < -0.39 is 16.8 Å². The van der Waals surface area contributed by atoms with Gasteiger partial charge >= 0.3 is 6.18 Å². The van der Waals surface area contributed by atoms with Gasteiger partial charge in [-0.3, -0.25) is 0 Å². The predicted octanol–water partition coefficient (Wildman–Crippen LogP) is 2.88. The van der Waals surface area contributed by atoms with Crippen molar-refractivity contribution in [3.63, 3.8) is 0 Å². The first-order valence-electron chi connectivity index (χ1n) is 5.15. The molecule has 0 amide bonds. The van der Waals surface area contributed by atoms with Gasteiger partial charge in [0.1, 0.15) is 12.4 Å². The number of nitrogens with zero attached hydrogens (tertiary/aromatic N) is 1. The number of nitrogens with two attached hydrogens (primary N) is 1. The largest absolute Gasteiger partial charge is 0.490 e. The van der Waals surface area contributed by atoms with Crippen molar-refractivity contribution in [3.8, 4) is 5.75 Å². The molecular formula is C11H14ClF3N2O. The smallest absolute Gasteiger partial charge is 0.417 e. The number of halogens is 4. The number of alkyl halides is 3. The summed E-state index contributed by atoms with van der Waals surface area (Å²) in [5, 5.41) is -0.420. The second kappa shape index (κ2) is 5.67. The second-order valence-corrected chi connectivity index (χ2v) is 4.43. The molecule has 1 aromatic rings. The van der Waals surface area contributed by atoms with Gasteiger partial charge in [0, 0.05) is 12.6 Å². The molecule has 0 bridgehead atoms. The van der Waals surface area contributed by atoms with Gasteiger partial charge in [0.25, 0.3) is 0 Å². The second-order valence-electron chi connectivity index (χ2n) is 4.02. The van der Waals surface area contributed by atoms with Crippen LogP contribution in [0.1, 0.15) is 5.56 Å². The van der Waals surface area contributed by atoms with Crippen molar-refractivity contribution in [2.24, 2.45) is 0 Å². The van der Waals surface area contributed by atoms with E-state index >= 15 is 0 Å². The highest BCUT2D eigenvalue weighted by molar-refractivity contribution is 6.31. The van der Waals surface area contributed by atoms with Gasteiger partial charge in [-0.15, -0.1) is 0 Å². The van der Waals surface area contributed by atoms with E-state index in [1.807, 2.05) is 19.0 Å². The van der Waals surface area contributed by atoms with Crippen molar-refractivity contribution in [1.29, 1.82) is 0 Å². The van der Waals surface area contributed by atoms with Crippen LogP contribution in [0.5, 0.6) is 5.75 Å². The third-order valence-corrected chi connectivity index (χ3v) is 2.51. The van der Waals surface area contributed by atoms with Gasteiger partial charge in [-0.2, -0.15) is 13.2 Å². The molecule has 2 N–H and O–H groups in total. The molecule has 0 radical (unpaired) electrons. The Labute approximate surface area is 108 Å². The lowest BCUT2D eigenvalue weighted by Gasteiger charge is -2.15. The molecular weight excluding hydrogens is 269 g/mol. The summed E-state index contributed by atoms with van der Waals surface area (Å²) in [7, 11) is 3.71. The van der Waals surface area contributed by atoms with E-state index in [2.05, 4.69) is 0 Å². The molecule has 0 heterocycles. The lowest BCUT2D eigenvalue weighted by Crippen LogP contribution is -2.19.